The lowest BCUT2D eigenvalue weighted by Crippen LogP contribution is -2.47. The molecule has 138 valence electrons. The molecule has 2 atom stereocenters. The van der Waals surface area contributed by atoms with Crippen LogP contribution in [0.2, 0.25) is 0 Å². The Balaban J connectivity index is 1.43. The normalized spacial score (nSPS) is 24.3. The Morgan fingerprint density at radius 3 is 2.63 bits per heavy atom. The molecule has 27 heavy (non-hydrogen) atoms. The zero-order chi connectivity index (χ0) is 18.4. The second-order valence-electron chi connectivity index (χ2n) is 7.46. The molecule has 0 aliphatic carbocycles. The summed E-state index contributed by atoms with van der Waals surface area (Å²) in [4.78, 5) is 26.0. The number of H-pyrrole nitrogens is 1. The van der Waals surface area contributed by atoms with Gasteiger partial charge in [-0.1, -0.05) is 0 Å². The van der Waals surface area contributed by atoms with Crippen molar-refractivity contribution in [3.05, 3.63) is 48.5 Å². The summed E-state index contributed by atoms with van der Waals surface area (Å²) in [6, 6.07) is 7.44. The number of nitrogens with two attached hydrogens (primary N) is 1. The zero-order valence-corrected chi connectivity index (χ0v) is 14.9. The van der Waals surface area contributed by atoms with Crippen molar-refractivity contribution in [2.24, 2.45) is 5.73 Å². The number of hydrogen-bond acceptors (Lipinski definition) is 5. The van der Waals surface area contributed by atoms with Gasteiger partial charge >= 0.3 is 0 Å². The number of piperidine rings is 1. The number of nitrogens with zero attached hydrogens (tertiary/aromatic N) is 3. The number of aromatic amines is 1. The summed E-state index contributed by atoms with van der Waals surface area (Å²) in [5.41, 5.74) is 8.87. The van der Waals surface area contributed by atoms with E-state index < -0.39 is 5.91 Å². The third-order valence-corrected chi connectivity index (χ3v) is 5.89. The molecule has 5 heterocycles. The number of carbonyl (C=O) groups excluding carboxylic acids is 1. The van der Waals surface area contributed by atoms with Crippen LogP contribution in [0.15, 0.2) is 43.0 Å². The maximum Gasteiger partial charge on any atom is 0.252 e. The third kappa shape index (κ3) is 2.70. The molecule has 0 saturated carbocycles. The van der Waals surface area contributed by atoms with Gasteiger partial charge in [0.2, 0.25) is 0 Å². The molecule has 0 radical (unpaired) electrons. The van der Waals surface area contributed by atoms with E-state index in [0.717, 1.165) is 29.6 Å². The predicted octanol–water partition coefficient (Wildman–Crippen LogP) is 2.67. The fourth-order valence-corrected chi connectivity index (χ4v) is 4.79. The zero-order valence-electron chi connectivity index (χ0n) is 14.9. The summed E-state index contributed by atoms with van der Waals surface area (Å²) in [7, 11) is 0. The molecule has 7 nitrogen and oxygen atoms in total. The molecule has 0 unspecified atom stereocenters. The van der Waals surface area contributed by atoms with Crippen LogP contribution in [0.5, 0.6) is 0 Å². The SMILES string of the molecule is NC(=O)c1cnc2[nH]ccc2c1NC1C[C@@H]2CC[C@@H](C1)N2c1ccncc1. The molecule has 4 N–H and O–H groups in total. The number of carbonyl (C=O) groups is 1. The first kappa shape index (κ1) is 16.1. The minimum absolute atomic E-state index is 0.305. The topological polar surface area (TPSA) is 99.9 Å². The van der Waals surface area contributed by atoms with Gasteiger partial charge in [-0.2, -0.15) is 0 Å². The largest absolute Gasteiger partial charge is 0.381 e. The van der Waals surface area contributed by atoms with E-state index in [1.54, 1.807) is 6.20 Å². The van der Waals surface area contributed by atoms with Gasteiger partial charge in [0.25, 0.3) is 5.91 Å². The van der Waals surface area contributed by atoms with Crippen LogP contribution < -0.4 is 16.0 Å². The van der Waals surface area contributed by atoms with Crippen LogP contribution in [0.4, 0.5) is 11.4 Å². The molecule has 3 aromatic rings. The molecule has 7 heteroatoms. The standard InChI is InChI=1S/C20H22N6O/c21-19(27)17-11-24-20-16(5-8-23-20)18(17)25-12-9-14-1-2-15(10-12)26(14)13-3-6-22-7-4-13/h3-8,11-12,14-15H,1-2,9-10H2,(H2,21,27)(H2,23,24,25)/t14-,15-/m0/s1. The molecule has 2 fully saturated rings. The van der Waals surface area contributed by atoms with E-state index in [9.17, 15) is 4.79 Å². The van der Waals surface area contributed by atoms with E-state index in [2.05, 4.69) is 37.3 Å². The molecule has 2 aliphatic rings. The summed E-state index contributed by atoms with van der Waals surface area (Å²) < 4.78 is 0. The number of primary amides is 1. The van der Waals surface area contributed by atoms with Gasteiger partial charge in [-0.25, -0.2) is 4.98 Å². The Morgan fingerprint density at radius 2 is 1.93 bits per heavy atom. The van der Waals surface area contributed by atoms with Gasteiger partial charge in [0.1, 0.15) is 5.65 Å². The highest BCUT2D eigenvalue weighted by molar-refractivity contribution is 6.06. The maximum absolute atomic E-state index is 11.9. The van der Waals surface area contributed by atoms with Gasteiger partial charge < -0.3 is 20.9 Å². The second-order valence-corrected chi connectivity index (χ2v) is 7.46. The molecule has 2 bridgehead atoms. The van der Waals surface area contributed by atoms with E-state index in [-0.39, 0.29) is 0 Å². The highest BCUT2D eigenvalue weighted by atomic mass is 16.1. The van der Waals surface area contributed by atoms with Crippen LogP contribution in [-0.2, 0) is 0 Å². The van der Waals surface area contributed by atoms with Crippen molar-refractivity contribution in [1.82, 2.24) is 15.0 Å². The highest BCUT2D eigenvalue weighted by Gasteiger charge is 2.41. The molecule has 2 aliphatic heterocycles. The summed E-state index contributed by atoms with van der Waals surface area (Å²) in [6.07, 6.45) is 11.6. The lowest BCUT2D eigenvalue weighted by atomic mass is 9.95. The highest BCUT2D eigenvalue weighted by Crippen LogP contribution is 2.40. The Bertz CT molecular complexity index is 971. The summed E-state index contributed by atoms with van der Waals surface area (Å²) in [6.45, 7) is 0. The second kappa shape index (κ2) is 6.26. The van der Waals surface area contributed by atoms with Gasteiger partial charge in [0.15, 0.2) is 0 Å². The fraction of sp³-hybridized carbons (Fsp3) is 0.350. The molecule has 3 aromatic heterocycles. The number of rotatable bonds is 4. The molecule has 0 aromatic carbocycles. The first-order valence-electron chi connectivity index (χ1n) is 9.41. The van der Waals surface area contributed by atoms with Crippen molar-refractivity contribution in [3.8, 4) is 0 Å². The Kier molecular flexibility index (Phi) is 3.74. The van der Waals surface area contributed by atoms with Crippen LogP contribution in [0, 0.1) is 0 Å². The van der Waals surface area contributed by atoms with Crippen molar-refractivity contribution >= 4 is 28.3 Å². The Labute approximate surface area is 157 Å². The van der Waals surface area contributed by atoms with E-state index in [0.29, 0.717) is 23.7 Å². The first-order chi connectivity index (χ1) is 13.2. The molecule has 2 saturated heterocycles. The molecule has 0 spiro atoms. The Hall–Kier alpha value is -3.09. The summed E-state index contributed by atoms with van der Waals surface area (Å²) in [5.74, 6) is -0.453. The van der Waals surface area contributed by atoms with Crippen LogP contribution in [-0.4, -0.2) is 39.0 Å². The number of anilines is 2. The maximum atomic E-state index is 11.9. The Morgan fingerprint density at radius 1 is 1.19 bits per heavy atom. The minimum atomic E-state index is -0.453. The summed E-state index contributed by atoms with van der Waals surface area (Å²) in [5, 5.41) is 4.55. The van der Waals surface area contributed by atoms with Crippen LogP contribution in [0.25, 0.3) is 11.0 Å². The lowest BCUT2D eigenvalue weighted by Gasteiger charge is -2.41. The number of amides is 1. The van der Waals surface area contributed by atoms with E-state index in [1.165, 1.54) is 18.5 Å². The number of aromatic nitrogens is 3. The van der Waals surface area contributed by atoms with Crippen molar-refractivity contribution in [1.29, 1.82) is 0 Å². The van der Waals surface area contributed by atoms with Gasteiger partial charge in [0, 0.05) is 54.0 Å². The van der Waals surface area contributed by atoms with Gasteiger partial charge in [0.05, 0.1) is 11.3 Å². The van der Waals surface area contributed by atoms with Crippen molar-refractivity contribution in [3.63, 3.8) is 0 Å². The number of fused-ring (bicyclic) bond motifs is 3. The molecule has 5 rings (SSSR count). The van der Waals surface area contributed by atoms with E-state index in [4.69, 9.17) is 5.73 Å². The van der Waals surface area contributed by atoms with Crippen LogP contribution in [0.1, 0.15) is 36.0 Å². The lowest BCUT2D eigenvalue weighted by molar-refractivity contribution is 0.100. The number of hydrogen-bond donors (Lipinski definition) is 3. The quantitative estimate of drug-likeness (QED) is 0.662. The van der Waals surface area contributed by atoms with E-state index >= 15 is 0 Å². The first-order valence-corrected chi connectivity index (χ1v) is 9.41. The van der Waals surface area contributed by atoms with Crippen molar-refractivity contribution < 1.29 is 4.79 Å². The minimum Gasteiger partial charge on any atom is -0.381 e. The summed E-state index contributed by atoms with van der Waals surface area (Å²) >= 11 is 0. The number of pyridine rings is 2. The molecule has 1 amide bonds. The smallest absolute Gasteiger partial charge is 0.252 e. The molecular weight excluding hydrogens is 340 g/mol. The third-order valence-electron chi connectivity index (χ3n) is 5.89. The van der Waals surface area contributed by atoms with Gasteiger partial charge in [-0.3, -0.25) is 9.78 Å². The van der Waals surface area contributed by atoms with Crippen LogP contribution in [0.3, 0.4) is 0 Å². The van der Waals surface area contributed by atoms with Gasteiger partial charge in [-0.15, -0.1) is 0 Å². The average Bonchev–Trinajstić information content (AvgIpc) is 3.25. The average molecular weight is 362 g/mol. The van der Waals surface area contributed by atoms with Gasteiger partial charge in [-0.05, 0) is 43.9 Å². The van der Waals surface area contributed by atoms with E-state index in [1.807, 2.05) is 24.7 Å². The van der Waals surface area contributed by atoms with Crippen molar-refractivity contribution in [2.75, 3.05) is 10.2 Å². The predicted molar refractivity (Wildman–Crippen MR) is 105 cm³/mol. The van der Waals surface area contributed by atoms with Crippen molar-refractivity contribution in [2.45, 2.75) is 43.8 Å². The van der Waals surface area contributed by atoms with Crippen LogP contribution >= 0.6 is 0 Å². The monoisotopic (exact) mass is 362 g/mol. The molecular formula is C20H22N6O. The number of nitrogens with one attached hydrogen (secondary N) is 2. The fourth-order valence-electron chi connectivity index (χ4n) is 4.79.